The van der Waals surface area contributed by atoms with Crippen molar-refractivity contribution in [1.29, 1.82) is 0 Å². The summed E-state index contributed by atoms with van der Waals surface area (Å²) in [5, 5.41) is 3.09. The van der Waals surface area contributed by atoms with Crippen molar-refractivity contribution >= 4 is 29.4 Å². The Balaban J connectivity index is 1.63. The van der Waals surface area contributed by atoms with E-state index in [2.05, 4.69) is 31.3 Å². The number of nitrogens with zero attached hydrogens (tertiary/aromatic N) is 1. The van der Waals surface area contributed by atoms with E-state index in [1.54, 1.807) is 11.8 Å². The largest absolute Gasteiger partial charge is 0.466 e. The molecule has 3 aromatic carbocycles. The van der Waals surface area contributed by atoms with E-state index < -0.39 is 0 Å². The van der Waals surface area contributed by atoms with Crippen molar-refractivity contribution in [1.82, 2.24) is 4.90 Å². The number of carbonyl (C=O) groups is 2. The van der Waals surface area contributed by atoms with E-state index in [1.165, 1.54) is 12.8 Å². The Labute approximate surface area is 225 Å². The van der Waals surface area contributed by atoms with Crippen LogP contribution in [0.2, 0.25) is 0 Å². The van der Waals surface area contributed by atoms with Crippen molar-refractivity contribution in [3.8, 4) is 0 Å². The lowest BCUT2D eigenvalue weighted by Gasteiger charge is -2.30. The Kier molecular flexibility index (Phi) is 11.6. The molecule has 0 aromatic heterocycles. The maximum atomic E-state index is 13.3. The molecule has 0 radical (unpaired) electrons. The van der Waals surface area contributed by atoms with Gasteiger partial charge in [-0.25, -0.2) is 4.79 Å². The lowest BCUT2D eigenvalue weighted by Crippen LogP contribution is -2.37. The minimum absolute atomic E-state index is 0.0143. The number of amides is 2. The number of unbranched alkanes of at least 4 members (excludes halogenated alkanes) is 3. The minimum Gasteiger partial charge on any atom is -0.466 e. The van der Waals surface area contributed by atoms with Crippen molar-refractivity contribution in [2.24, 2.45) is 0 Å². The number of esters is 1. The Hall–Kier alpha value is -3.25. The smallest absolute Gasteiger partial charge is 0.322 e. The number of anilines is 1. The number of ether oxygens (including phenoxy) is 1. The average molecular weight is 519 g/mol. The standard InChI is InChI=1S/C31H38N2O3S/c1-4-6-7-11-21-33(24(3)26-14-9-8-10-15-26)31(35)32-27-17-19-28(20-18-27)37-29-16-12-13-25(22-29)23-30(34)36-5-2/h8-10,12-20,22,24H,4-7,11,21,23H2,1-3H3,(H,32,35). The van der Waals surface area contributed by atoms with Crippen LogP contribution in [0.4, 0.5) is 10.5 Å². The summed E-state index contributed by atoms with van der Waals surface area (Å²) in [6.07, 6.45) is 4.72. The number of nitrogens with one attached hydrogen (secondary N) is 1. The summed E-state index contributed by atoms with van der Waals surface area (Å²) >= 11 is 1.62. The Morgan fingerprint density at radius 1 is 0.892 bits per heavy atom. The van der Waals surface area contributed by atoms with E-state index in [1.807, 2.05) is 78.6 Å². The van der Waals surface area contributed by atoms with E-state index in [0.717, 1.165) is 46.0 Å². The molecule has 0 spiro atoms. The summed E-state index contributed by atoms with van der Waals surface area (Å²) < 4.78 is 5.05. The monoisotopic (exact) mass is 518 g/mol. The van der Waals surface area contributed by atoms with Crippen LogP contribution in [0.15, 0.2) is 88.7 Å². The summed E-state index contributed by atoms with van der Waals surface area (Å²) in [6.45, 7) is 7.20. The third kappa shape index (κ3) is 9.29. The molecular formula is C31H38N2O3S. The molecule has 2 amide bonds. The fourth-order valence-corrected chi connectivity index (χ4v) is 5.03. The molecule has 1 atom stereocenters. The first-order chi connectivity index (χ1) is 18.0. The second kappa shape index (κ2) is 15.1. The van der Waals surface area contributed by atoms with Gasteiger partial charge in [-0.3, -0.25) is 4.79 Å². The van der Waals surface area contributed by atoms with Crippen molar-refractivity contribution in [3.05, 3.63) is 90.0 Å². The molecule has 196 valence electrons. The van der Waals surface area contributed by atoms with Crippen LogP contribution in [0, 0.1) is 0 Å². The summed E-state index contributed by atoms with van der Waals surface area (Å²) in [7, 11) is 0. The molecule has 0 saturated heterocycles. The maximum absolute atomic E-state index is 13.3. The molecule has 3 aromatic rings. The van der Waals surface area contributed by atoms with Crippen molar-refractivity contribution in [3.63, 3.8) is 0 Å². The van der Waals surface area contributed by atoms with Gasteiger partial charge in [-0.1, -0.05) is 80.4 Å². The molecule has 0 aliphatic carbocycles. The highest BCUT2D eigenvalue weighted by molar-refractivity contribution is 7.99. The third-order valence-corrected chi connectivity index (χ3v) is 7.15. The quantitative estimate of drug-likeness (QED) is 0.183. The number of carbonyl (C=O) groups excluding carboxylic acids is 2. The maximum Gasteiger partial charge on any atom is 0.322 e. The normalized spacial score (nSPS) is 11.5. The van der Waals surface area contributed by atoms with Gasteiger partial charge in [0.15, 0.2) is 0 Å². The summed E-state index contributed by atoms with van der Waals surface area (Å²) in [6, 6.07) is 25.9. The number of rotatable bonds is 13. The first-order valence-electron chi connectivity index (χ1n) is 13.1. The molecule has 0 heterocycles. The van der Waals surface area contributed by atoms with Crippen molar-refractivity contribution in [2.45, 2.75) is 68.7 Å². The molecule has 0 aliphatic rings. The molecule has 37 heavy (non-hydrogen) atoms. The zero-order valence-corrected chi connectivity index (χ0v) is 22.9. The predicted octanol–water partition coefficient (Wildman–Crippen LogP) is 8.12. The highest BCUT2D eigenvalue weighted by Gasteiger charge is 2.21. The van der Waals surface area contributed by atoms with Crippen LogP contribution in [0.25, 0.3) is 0 Å². The molecule has 0 bridgehead atoms. The topological polar surface area (TPSA) is 58.6 Å². The van der Waals surface area contributed by atoms with Crippen LogP contribution in [0.1, 0.15) is 63.6 Å². The van der Waals surface area contributed by atoms with Crippen LogP contribution < -0.4 is 5.32 Å². The van der Waals surface area contributed by atoms with Gasteiger partial charge in [0.25, 0.3) is 0 Å². The molecule has 0 saturated carbocycles. The fraction of sp³-hybridized carbons (Fsp3) is 0.355. The third-order valence-electron chi connectivity index (χ3n) is 6.16. The van der Waals surface area contributed by atoms with E-state index in [4.69, 9.17) is 4.74 Å². The summed E-state index contributed by atoms with van der Waals surface area (Å²) in [5.41, 5.74) is 2.83. The van der Waals surface area contributed by atoms with E-state index in [9.17, 15) is 9.59 Å². The number of urea groups is 1. The van der Waals surface area contributed by atoms with Gasteiger partial charge in [-0.2, -0.15) is 0 Å². The van der Waals surface area contributed by atoms with Crippen LogP contribution in [0.5, 0.6) is 0 Å². The van der Waals surface area contributed by atoms with Gasteiger partial charge in [-0.15, -0.1) is 0 Å². The Morgan fingerprint density at radius 3 is 2.35 bits per heavy atom. The van der Waals surface area contributed by atoms with Crippen molar-refractivity contribution < 1.29 is 14.3 Å². The first-order valence-corrected chi connectivity index (χ1v) is 14.0. The predicted molar refractivity (Wildman–Crippen MR) is 152 cm³/mol. The van der Waals surface area contributed by atoms with E-state index >= 15 is 0 Å². The van der Waals surface area contributed by atoms with Gasteiger partial charge in [0.1, 0.15) is 0 Å². The average Bonchev–Trinajstić information content (AvgIpc) is 2.90. The molecule has 6 heteroatoms. The van der Waals surface area contributed by atoms with Crippen LogP contribution in [-0.4, -0.2) is 30.1 Å². The minimum atomic E-state index is -0.217. The number of hydrogen-bond acceptors (Lipinski definition) is 4. The SMILES string of the molecule is CCCCCCN(C(=O)Nc1ccc(Sc2cccc(CC(=O)OCC)c2)cc1)C(C)c1ccccc1. The van der Waals surface area contributed by atoms with Gasteiger partial charge in [0.05, 0.1) is 19.1 Å². The lowest BCUT2D eigenvalue weighted by molar-refractivity contribution is -0.142. The number of hydrogen-bond donors (Lipinski definition) is 1. The fourth-order valence-electron chi connectivity index (χ4n) is 4.13. The van der Waals surface area contributed by atoms with Crippen LogP contribution >= 0.6 is 11.8 Å². The molecule has 5 nitrogen and oxygen atoms in total. The van der Waals surface area contributed by atoms with Gasteiger partial charge >= 0.3 is 12.0 Å². The van der Waals surface area contributed by atoms with Gasteiger partial charge in [0.2, 0.25) is 0 Å². The van der Waals surface area contributed by atoms with Crippen molar-refractivity contribution in [2.75, 3.05) is 18.5 Å². The summed E-state index contributed by atoms with van der Waals surface area (Å²) in [4.78, 5) is 29.1. The number of benzene rings is 3. The summed E-state index contributed by atoms with van der Waals surface area (Å²) in [5.74, 6) is -0.217. The zero-order valence-electron chi connectivity index (χ0n) is 22.1. The second-order valence-electron chi connectivity index (χ2n) is 9.03. The highest BCUT2D eigenvalue weighted by Crippen LogP contribution is 2.30. The molecule has 1 N–H and O–H groups in total. The van der Waals surface area contributed by atoms with Gasteiger partial charge in [-0.05, 0) is 67.8 Å². The molecular weight excluding hydrogens is 480 g/mol. The van der Waals surface area contributed by atoms with Crippen LogP contribution in [-0.2, 0) is 16.0 Å². The Morgan fingerprint density at radius 2 is 1.65 bits per heavy atom. The molecule has 1 unspecified atom stereocenters. The van der Waals surface area contributed by atoms with Crippen LogP contribution in [0.3, 0.4) is 0 Å². The van der Waals surface area contributed by atoms with Gasteiger partial charge in [0, 0.05) is 22.0 Å². The van der Waals surface area contributed by atoms with Gasteiger partial charge < -0.3 is 15.0 Å². The highest BCUT2D eigenvalue weighted by atomic mass is 32.2. The molecule has 0 aliphatic heterocycles. The second-order valence-corrected chi connectivity index (χ2v) is 10.2. The first kappa shape index (κ1) is 28.3. The zero-order chi connectivity index (χ0) is 26.5. The molecule has 0 fully saturated rings. The lowest BCUT2D eigenvalue weighted by atomic mass is 10.1. The van der Waals surface area contributed by atoms with E-state index in [0.29, 0.717) is 6.61 Å². The Bertz CT molecular complexity index is 1120. The molecule has 3 rings (SSSR count). The van der Waals surface area contributed by atoms with E-state index in [-0.39, 0.29) is 24.5 Å².